The molecule has 0 saturated heterocycles. The Hall–Kier alpha value is -0.980. The van der Waals surface area contributed by atoms with E-state index in [-0.39, 0.29) is 6.54 Å². The third kappa shape index (κ3) is 2.65. The molecule has 0 aromatic heterocycles. The molecule has 0 amide bonds. The van der Waals surface area contributed by atoms with Gasteiger partial charge in [-0.25, -0.2) is 0 Å². The number of methoxy groups -OCH3 is 3. The van der Waals surface area contributed by atoms with E-state index in [1.807, 2.05) is 0 Å². The average molecular weight is 306 g/mol. The maximum Gasteiger partial charge on any atom is 0.178 e. The topological polar surface area (TPSA) is 73.9 Å². The third-order valence-corrected chi connectivity index (χ3v) is 3.10. The molecule has 1 aromatic rings. The van der Waals surface area contributed by atoms with Crippen LogP contribution in [0.1, 0.15) is 11.7 Å². The van der Waals surface area contributed by atoms with E-state index in [9.17, 15) is 5.11 Å². The van der Waals surface area contributed by atoms with Gasteiger partial charge in [0.25, 0.3) is 0 Å². The number of aliphatic hydroxyl groups excluding tert-OH is 1. The summed E-state index contributed by atoms with van der Waals surface area (Å²) in [6.07, 6.45) is -0.818. The Morgan fingerprint density at radius 1 is 1.24 bits per heavy atom. The lowest BCUT2D eigenvalue weighted by Gasteiger charge is -2.19. The van der Waals surface area contributed by atoms with Crippen LogP contribution in [-0.2, 0) is 0 Å². The van der Waals surface area contributed by atoms with Crippen LogP contribution in [0, 0.1) is 0 Å². The summed E-state index contributed by atoms with van der Waals surface area (Å²) in [5.74, 6) is 1.50. The minimum absolute atomic E-state index is 0.0955. The lowest BCUT2D eigenvalue weighted by molar-refractivity contribution is 0.181. The first kappa shape index (κ1) is 14.1. The van der Waals surface area contributed by atoms with Crippen molar-refractivity contribution in [3.05, 3.63) is 16.1 Å². The summed E-state index contributed by atoms with van der Waals surface area (Å²) in [4.78, 5) is 0. The fourth-order valence-corrected chi connectivity index (χ4v) is 2.28. The largest absolute Gasteiger partial charge is 0.495 e. The fourth-order valence-electron chi connectivity index (χ4n) is 1.53. The number of hydrogen-bond acceptors (Lipinski definition) is 5. The summed E-state index contributed by atoms with van der Waals surface area (Å²) in [7, 11) is 4.56. The van der Waals surface area contributed by atoms with Crippen LogP contribution in [0.3, 0.4) is 0 Å². The Labute approximate surface area is 109 Å². The van der Waals surface area contributed by atoms with Crippen molar-refractivity contribution in [1.82, 2.24) is 0 Å². The molecule has 0 aliphatic carbocycles. The van der Waals surface area contributed by atoms with E-state index in [1.165, 1.54) is 21.3 Å². The maximum atomic E-state index is 9.83. The van der Waals surface area contributed by atoms with Gasteiger partial charge < -0.3 is 25.1 Å². The molecule has 5 nitrogen and oxygen atoms in total. The SMILES string of the molecule is COc1cc(C(O)CN)c(OC)c(Br)c1OC. The quantitative estimate of drug-likeness (QED) is 0.861. The summed E-state index contributed by atoms with van der Waals surface area (Å²) >= 11 is 3.36. The van der Waals surface area contributed by atoms with Crippen molar-refractivity contribution in [1.29, 1.82) is 0 Å². The van der Waals surface area contributed by atoms with Gasteiger partial charge in [-0.15, -0.1) is 0 Å². The van der Waals surface area contributed by atoms with Crippen molar-refractivity contribution in [2.24, 2.45) is 5.73 Å². The molecule has 6 heteroatoms. The minimum atomic E-state index is -0.818. The standard InChI is InChI=1S/C11H16BrNO4/c1-15-8-4-6(7(14)5-13)10(16-2)9(12)11(8)17-3/h4,7,14H,5,13H2,1-3H3. The number of nitrogens with two attached hydrogens (primary N) is 1. The van der Waals surface area contributed by atoms with Crippen LogP contribution in [0.4, 0.5) is 0 Å². The van der Waals surface area contributed by atoms with Gasteiger partial charge in [0.1, 0.15) is 10.2 Å². The van der Waals surface area contributed by atoms with E-state index in [2.05, 4.69) is 15.9 Å². The summed E-state index contributed by atoms with van der Waals surface area (Å²) in [6, 6.07) is 1.65. The fraction of sp³-hybridized carbons (Fsp3) is 0.455. The maximum absolute atomic E-state index is 9.83. The van der Waals surface area contributed by atoms with Crippen molar-refractivity contribution in [3.8, 4) is 17.2 Å². The number of halogens is 1. The molecular formula is C11H16BrNO4. The monoisotopic (exact) mass is 305 g/mol. The Morgan fingerprint density at radius 2 is 1.82 bits per heavy atom. The van der Waals surface area contributed by atoms with E-state index < -0.39 is 6.10 Å². The van der Waals surface area contributed by atoms with E-state index >= 15 is 0 Å². The molecule has 3 N–H and O–H groups in total. The van der Waals surface area contributed by atoms with Crippen LogP contribution in [0.15, 0.2) is 10.5 Å². The molecule has 1 unspecified atom stereocenters. The second kappa shape index (κ2) is 6.09. The van der Waals surface area contributed by atoms with Crippen molar-refractivity contribution in [2.75, 3.05) is 27.9 Å². The second-order valence-corrected chi connectivity index (χ2v) is 4.09. The Bertz CT molecular complexity index is 398. The van der Waals surface area contributed by atoms with Crippen molar-refractivity contribution >= 4 is 15.9 Å². The highest BCUT2D eigenvalue weighted by Crippen LogP contribution is 2.45. The van der Waals surface area contributed by atoms with Crippen LogP contribution < -0.4 is 19.9 Å². The molecule has 0 fully saturated rings. The molecule has 0 radical (unpaired) electrons. The van der Waals surface area contributed by atoms with Gasteiger partial charge in [0.15, 0.2) is 11.5 Å². The zero-order valence-electron chi connectivity index (χ0n) is 9.99. The molecule has 1 aromatic carbocycles. The molecule has 0 bridgehead atoms. The van der Waals surface area contributed by atoms with Crippen molar-refractivity contribution < 1.29 is 19.3 Å². The number of rotatable bonds is 5. The molecule has 1 rings (SSSR count). The molecule has 96 valence electrons. The first-order chi connectivity index (χ1) is 8.10. The van der Waals surface area contributed by atoms with E-state index in [4.69, 9.17) is 19.9 Å². The van der Waals surface area contributed by atoms with Crippen LogP contribution in [0.25, 0.3) is 0 Å². The number of benzene rings is 1. The second-order valence-electron chi connectivity index (χ2n) is 3.30. The third-order valence-electron chi connectivity index (χ3n) is 2.38. The molecule has 0 aliphatic rings. The highest BCUT2D eigenvalue weighted by atomic mass is 79.9. The number of hydrogen-bond donors (Lipinski definition) is 2. The predicted molar refractivity (Wildman–Crippen MR) is 67.8 cm³/mol. The van der Waals surface area contributed by atoms with Crippen LogP contribution in [0.2, 0.25) is 0 Å². The van der Waals surface area contributed by atoms with E-state index in [1.54, 1.807) is 6.07 Å². The Balaban J connectivity index is 3.45. The first-order valence-electron chi connectivity index (χ1n) is 4.97. The predicted octanol–water partition coefficient (Wildman–Crippen LogP) is 1.47. The van der Waals surface area contributed by atoms with Crippen LogP contribution in [0.5, 0.6) is 17.2 Å². The molecule has 0 spiro atoms. The van der Waals surface area contributed by atoms with Crippen LogP contribution in [-0.4, -0.2) is 33.0 Å². The van der Waals surface area contributed by atoms with Gasteiger partial charge in [-0.3, -0.25) is 0 Å². The van der Waals surface area contributed by atoms with Gasteiger partial charge in [-0.2, -0.15) is 0 Å². The molecular weight excluding hydrogens is 290 g/mol. The summed E-state index contributed by atoms with van der Waals surface area (Å²) < 4.78 is 16.2. The van der Waals surface area contributed by atoms with Gasteiger partial charge in [-0.05, 0) is 22.0 Å². The lowest BCUT2D eigenvalue weighted by atomic mass is 10.1. The molecule has 0 aliphatic heterocycles. The zero-order valence-corrected chi connectivity index (χ0v) is 11.6. The van der Waals surface area contributed by atoms with E-state index in [0.717, 1.165) is 0 Å². The van der Waals surface area contributed by atoms with Gasteiger partial charge in [0.2, 0.25) is 0 Å². The van der Waals surface area contributed by atoms with Gasteiger partial charge in [-0.1, -0.05) is 0 Å². The molecule has 0 heterocycles. The number of ether oxygens (including phenoxy) is 3. The van der Waals surface area contributed by atoms with Gasteiger partial charge in [0, 0.05) is 12.1 Å². The summed E-state index contributed by atoms with van der Waals surface area (Å²) in [5.41, 5.74) is 6.00. The summed E-state index contributed by atoms with van der Waals surface area (Å²) in [5, 5.41) is 9.83. The normalized spacial score (nSPS) is 12.1. The van der Waals surface area contributed by atoms with Gasteiger partial charge >= 0.3 is 0 Å². The van der Waals surface area contributed by atoms with E-state index in [0.29, 0.717) is 27.3 Å². The first-order valence-corrected chi connectivity index (χ1v) is 5.76. The smallest absolute Gasteiger partial charge is 0.178 e. The van der Waals surface area contributed by atoms with Crippen molar-refractivity contribution in [2.45, 2.75) is 6.10 Å². The highest BCUT2D eigenvalue weighted by Gasteiger charge is 2.22. The minimum Gasteiger partial charge on any atom is -0.495 e. The lowest BCUT2D eigenvalue weighted by Crippen LogP contribution is -2.13. The zero-order chi connectivity index (χ0) is 13.0. The highest BCUT2D eigenvalue weighted by molar-refractivity contribution is 9.10. The Kier molecular flexibility index (Phi) is 5.04. The molecule has 17 heavy (non-hydrogen) atoms. The van der Waals surface area contributed by atoms with Crippen LogP contribution >= 0.6 is 15.9 Å². The number of aliphatic hydroxyl groups is 1. The summed E-state index contributed by atoms with van der Waals surface area (Å²) in [6.45, 7) is 0.0955. The molecule has 1 atom stereocenters. The molecule has 0 saturated carbocycles. The van der Waals surface area contributed by atoms with Gasteiger partial charge in [0.05, 0.1) is 27.4 Å². The van der Waals surface area contributed by atoms with Crippen molar-refractivity contribution in [3.63, 3.8) is 0 Å². The Morgan fingerprint density at radius 3 is 2.24 bits per heavy atom. The average Bonchev–Trinajstić information content (AvgIpc) is 2.36.